The minimum absolute atomic E-state index is 0.136. The van der Waals surface area contributed by atoms with E-state index in [4.69, 9.17) is 0 Å². The molecule has 2 rings (SSSR count). The molecule has 0 aliphatic heterocycles. The summed E-state index contributed by atoms with van der Waals surface area (Å²) in [5.41, 5.74) is 0.797. The van der Waals surface area contributed by atoms with E-state index in [0.717, 1.165) is 0 Å². The number of rotatable bonds is 7. The Morgan fingerprint density at radius 2 is 1.83 bits per heavy atom. The van der Waals surface area contributed by atoms with E-state index >= 15 is 0 Å². The van der Waals surface area contributed by atoms with Crippen LogP contribution in [-0.4, -0.2) is 29.4 Å². The summed E-state index contributed by atoms with van der Waals surface area (Å²) >= 11 is 1.36. The molecule has 2 N–H and O–H groups in total. The Labute approximate surface area is 140 Å². The van der Waals surface area contributed by atoms with Crippen molar-refractivity contribution in [1.29, 1.82) is 0 Å². The largest absolute Gasteiger partial charge is 0.393 e. The van der Waals surface area contributed by atoms with Crippen LogP contribution >= 0.6 is 11.3 Å². The van der Waals surface area contributed by atoms with E-state index in [-0.39, 0.29) is 17.6 Å². The molecule has 1 aromatic heterocycles. The highest BCUT2D eigenvalue weighted by Crippen LogP contribution is 2.18. The SMILES string of the molecule is CC(O)CC(C)CNC(=O)c1ccccc1C(=O)c1cccs1. The Morgan fingerprint density at radius 3 is 2.43 bits per heavy atom. The van der Waals surface area contributed by atoms with Gasteiger partial charge in [0.25, 0.3) is 5.91 Å². The van der Waals surface area contributed by atoms with Gasteiger partial charge in [0, 0.05) is 12.1 Å². The van der Waals surface area contributed by atoms with Crippen molar-refractivity contribution in [1.82, 2.24) is 5.32 Å². The molecule has 0 radical (unpaired) electrons. The van der Waals surface area contributed by atoms with Gasteiger partial charge in [0.1, 0.15) is 0 Å². The van der Waals surface area contributed by atoms with Crippen molar-refractivity contribution >= 4 is 23.0 Å². The minimum atomic E-state index is -0.394. The molecule has 0 saturated carbocycles. The molecule has 1 amide bonds. The normalized spacial score (nSPS) is 13.3. The molecule has 5 heteroatoms. The number of ketones is 1. The van der Waals surface area contributed by atoms with Crippen molar-refractivity contribution < 1.29 is 14.7 Å². The van der Waals surface area contributed by atoms with Crippen LogP contribution in [0.15, 0.2) is 41.8 Å². The first-order chi connectivity index (χ1) is 11.0. The predicted octanol–water partition coefficient (Wildman–Crippen LogP) is 3.12. The highest BCUT2D eigenvalue weighted by molar-refractivity contribution is 7.12. The second-order valence-corrected chi connectivity index (χ2v) is 6.70. The summed E-state index contributed by atoms with van der Waals surface area (Å²) < 4.78 is 0. The standard InChI is InChI=1S/C18H21NO3S/c1-12(10-13(2)20)11-19-18(22)15-7-4-3-6-14(15)17(21)16-8-5-9-23-16/h3-9,12-13,20H,10-11H2,1-2H3,(H,19,22). The van der Waals surface area contributed by atoms with E-state index in [2.05, 4.69) is 5.32 Å². The van der Waals surface area contributed by atoms with Gasteiger partial charge in [-0.1, -0.05) is 31.2 Å². The first kappa shape index (κ1) is 17.4. The van der Waals surface area contributed by atoms with Gasteiger partial charge in [-0.3, -0.25) is 9.59 Å². The molecule has 122 valence electrons. The van der Waals surface area contributed by atoms with Crippen LogP contribution in [0.1, 0.15) is 45.9 Å². The monoisotopic (exact) mass is 331 g/mol. The summed E-state index contributed by atoms with van der Waals surface area (Å²) in [6, 6.07) is 10.4. The van der Waals surface area contributed by atoms with E-state index in [1.807, 2.05) is 18.4 Å². The number of aliphatic hydroxyl groups excluding tert-OH is 1. The van der Waals surface area contributed by atoms with Gasteiger partial charge >= 0.3 is 0 Å². The fraction of sp³-hybridized carbons (Fsp3) is 0.333. The molecule has 2 aromatic rings. The summed E-state index contributed by atoms with van der Waals surface area (Å²) in [6.07, 6.45) is 0.227. The molecule has 2 unspecified atom stereocenters. The van der Waals surface area contributed by atoms with Crippen LogP contribution < -0.4 is 5.32 Å². The maximum absolute atomic E-state index is 12.5. The van der Waals surface area contributed by atoms with Gasteiger partial charge in [-0.25, -0.2) is 0 Å². The van der Waals surface area contributed by atoms with Crippen molar-refractivity contribution in [2.24, 2.45) is 5.92 Å². The Hall–Kier alpha value is -1.98. The number of carbonyl (C=O) groups excluding carboxylic acids is 2. The molecule has 23 heavy (non-hydrogen) atoms. The second-order valence-electron chi connectivity index (χ2n) is 5.75. The van der Waals surface area contributed by atoms with Crippen molar-refractivity contribution in [3.05, 3.63) is 57.8 Å². The third-order valence-electron chi connectivity index (χ3n) is 3.52. The fourth-order valence-corrected chi connectivity index (χ4v) is 3.13. The zero-order valence-corrected chi connectivity index (χ0v) is 14.1. The highest BCUT2D eigenvalue weighted by Gasteiger charge is 2.19. The Kier molecular flexibility index (Phi) is 6.07. The quantitative estimate of drug-likeness (QED) is 0.766. The number of nitrogens with one attached hydrogen (secondary N) is 1. The zero-order valence-electron chi connectivity index (χ0n) is 13.3. The number of aliphatic hydroxyl groups is 1. The van der Waals surface area contributed by atoms with Gasteiger partial charge in [-0.15, -0.1) is 11.3 Å². The molecule has 1 heterocycles. The van der Waals surface area contributed by atoms with Crippen molar-refractivity contribution in [3.63, 3.8) is 0 Å². The van der Waals surface area contributed by atoms with E-state index in [0.29, 0.717) is 29.0 Å². The molecule has 1 aromatic carbocycles. The zero-order chi connectivity index (χ0) is 16.8. The molecule has 2 atom stereocenters. The average Bonchev–Trinajstić information content (AvgIpc) is 3.05. The van der Waals surface area contributed by atoms with Crippen LogP contribution in [0.25, 0.3) is 0 Å². The number of carbonyl (C=O) groups is 2. The van der Waals surface area contributed by atoms with Crippen molar-refractivity contribution in [2.45, 2.75) is 26.4 Å². The first-order valence-electron chi connectivity index (χ1n) is 7.62. The fourth-order valence-electron chi connectivity index (χ4n) is 2.45. The Bertz CT molecular complexity index is 665. The second kappa shape index (κ2) is 8.04. The van der Waals surface area contributed by atoms with Gasteiger partial charge < -0.3 is 10.4 Å². The summed E-state index contributed by atoms with van der Waals surface area (Å²) in [7, 11) is 0. The molecule has 0 saturated heterocycles. The lowest BCUT2D eigenvalue weighted by atomic mass is 10.0. The number of hydrogen-bond donors (Lipinski definition) is 2. The number of benzene rings is 1. The first-order valence-corrected chi connectivity index (χ1v) is 8.50. The summed E-state index contributed by atoms with van der Waals surface area (Å²) in [5.74, 6) is -0.232. The molecular formula is C18H21NO3S. The lowest BCUT2D eigenvalue weighted by Crippen LogP contribution is -2.30. The topological polar surface area (TPSA) is 66.4 Å². The third-order valence-corrected chi connectivity index (χ3v) is 4.38. The smallest absolute Gasteiger partial charge is 0.252 e. The number of hydrogen-bond acceptors (Lipinski definition) is 4. The third kappa shape index (κ3) is 4.74. The van der Waals surface area contributed by atoms with Crippen molar-refractivity contribution in [3.8, 4) is 0 Å². The van der Waals surface area contributed by atoms with E-state index in [1.165, 1.54) is 11.3 Å². The van der Waals surface area contributed by atoms with Crippen LogP contribution in [-0.2, 0) is 0 Å². The summed E-state index contributed by atoms with van der Waals surface area (Å²) in [6.45, 7) is 4.16. The van der Waals surface area contributed by atoms with Crippen LogP contribution in [0.3, 0.4) is 0 Å². The molecule has 4 nitrogen and oxygen atoms in total. The van der Waals surface area contributed by atoms with E-state index in [9.17, 15) is 14.7 Å². The van der Waals surface area contributed by atoms with Gasteiger partial charge in [-0.05, 0) is 36.8 Å². The number of thiophene rings is 1. The minimum Gasteiger partial charge on any atom is -0.393 e. The van der Waals surface area contributed by atoms with Crippen LogP contribution in [0.5, 0.6) is 0 Å². The predicted molar refractivity (Wildman–Crippen MR) is 92.0 cm³/mol. The van der Waals surface area contributed by atoms with Gasteiger partial charge in [0.05, 0.1) is 16.5 Å². The Balaban J connectivity index is 2.11. The molecule has 0 bridgehead atoms. The van der Waals surface area contributed by atoms with Crippen molar-refractivity contribution in [2.75, 3.05) is 6.54 Å². The van der Waals surface area contributed by atoms with Crippen LogP contribution in [0.2, 0.25) is 0 Å². The molecule has 0 aliphatic carbocycles. The lowest BCUT2D eigenvalue weighted by molar-refractivity contribution is 0.0930. The molecule has 0 fully saturated rings. The molecule has 0 spiro atoms. The molecular weight excluding hydrogens is 310 g/mol. The van der Waals surface area contributed by atoms with Gasteiger partial charge in [0.2, 0.25) is 5.78 Å². The van der Waals surface area contributed by atoms with Crippen LogP contribution in [0, 0.1) is 5.92 Å². The summed E-state index contributed by atoms with van der Waals surface area (Å²) in [5, 5.41) is 14.1. The highest BCUT2D eigenvalue weighted by atomic mass is 32.1. The average molecular weight is 331 g/mol. The van der Waals surface area contributed by atoms with E-state index < -0.39 is 6.10 Å². The lowest BCUT2D eigenvalue weighted by Gasteiger charge is -2.15. The van der Waals surface area contributed by atoms with E-state index in [1.54, 1.807) is 37.3 Å². The summed E-state index contributed by atoms with van der Waals surface area (Å²) in [4.78, 5) is 25.5. The van der Waals surface area contributed by atoms with Crippen LogP contribution in [0.4, 0.5) is 0 Å². The maximum atomic E-state index is 12.5. The maximum Gasteiger partial charge on any atom is 0.252 e. The molecule has 0 aliphatic rings. The van der Waals surface area contributed by atoms with Gasteiger partial charge in [0.15, 0.2) is 0 Å². The number of amides is 1. The van der Waals surface area contributed by atoms with Gasteiger partial charge in [-0.2, -0.15) is 0 Å². The Morgan fingerprint density at radius 1 is 1.13 bits per heavy atom.